The maximum Gasteiger partial charge on any atom is 0.309 e. The molecule has 1 saturated carbocycles. The molecule has 1 aromatic rings. The summed E-state index contributed by atoms with van der Waals surface area (Å²) in [5.41, 5.74) is 0.980. The third-order valence-corrected chi connectivity index (χ3v) is 7.99. The van der Waals surface area contributed by atoms with Gasteiger partial charge in [-0.3, -0.25) is 4.79 Å². The van der Waals surface area contributed by atoms with E-state index in [9.17, 15) is 15.1 Å². The van der Waals surface area contributed by atoms with Gasteiger partial charge in [0.1, 0.15) is 0 Å². The van der Waals surface area contributed by atoms with E-state index in [0.717, 1.165) is 24.0 Å². The van der Waals surface area contributed by atoms with Gasteiger partial charge in [-0.2, -0.15) is 0 Å². The van der Waals surface area contributed by atoms with E-state index in [-0.39, 0.29) is 11.8 Å². The fourth-order valence-corrected chi connectivity index (χ4v) is 6.64. The summed E-state index contributed by atoms with van der Waals surface area (Å²) < 4.78 is 0. The molecule has 0 spiro atoms. The van der Waals surface area contributed by atoms with Crippen LogP contribution in [0.15, 0.2) is 5.16 Å². The molecule has 27 heavy (non-hydrogen) atoms. The van der Waals surface area contributed by atoms with Crippen LogP contribution in [0.3, 0.4) is 0 Å². The Morgan fingerprint density at radius 3 is 2.30 bits per heavy atom. The molecule has 0 saturated heterocycles. The molecule has 4 nitrogen and oxygen atoms in total. The Bertz CT molecular complexity index is 852. The van der Waals surface area contributed by atoms with Gasteiger partial charge >= 0.3 is 5.97 Å². The third-order valence-electron chi connectivity index (χ3n) is 6.73. The summed E-state index contributed by atoms with van der Waals surface area (Å²) in [5.74, 6) is -1.08. The zero-order valence-electron chi connectivity index (χ0n) is 15.9. The topological polar surface area (TPSA) is 69.9 Å². The smallest absolute Gasteiger partial charge is 0.309 e. The van der Waals surface area contributed by atoms with Gasteiger partial charge in [0.25, 0.3) is 0 Å². The number of carbonyl (C=O) groups is 1. The molecule has 3 rings (SSSR count). The highest BCUT2D eigenvalue weighted by atomic mass is 35.5. The Labute approximate surface area is 174 Å². The molecule has 1 fully saturated rings. The normalized spacial score (nSPS) is 31.7. The van der Waals surface area contributed by atoms with Crippen LogP contribution in [-0.2, 0) is 10.2 Å². The molecule has 148 valence electrons. The molecule has 0 amide bonds. The minimum atomic E-state index is -0.945. The number of hydrogen-bond acceptors (Lipinski definition) is 3. The van der Waals surface area contributed by atoms with Crippen LogP contribution in [0.25, 0.3) is 0 Å². The Morgan fingerprint density at radius 1 is 1.15 bits per heavy atom. The second-order valence-electron chi connectivity index (χ2n) is 8.56. The lowest BCUT2D eigenvalue weighted by Crippen LogP contribution is -2.53. The van der Waals surface area contributed by atoms with E-state index in [2.05, 4.69) is 5.16 Å². The second-order valence-corrected chi connectivity index (χ2v) is 9.69. The number of rotatable bonds is 2. The van der Waals surface area contributed by atoms with Crippen LogP contribution in [0.1, 0.15) is 76.0 Å². The number of carboxylic acid groups (broad SMARTS) is 1. The molecular weight excluding hydrogens is 409 g/mol. The van der Waals surface area contributed by atoms with Gasteiger partial charge in [-0.25, -0.2) is 0 Å². The molecule has 3 atom stereocenters. The van der Waals surface area contributed by atoms with Crippen molar-refractivity contribution in [3.05, 3.63) is 31.8 Å². The van der Waals surface area contributed by atoms with Gasteiger partial charge in [0.2, 0.25) is 0 Å². The van der Waals surface area contributed by atoms with E-state index in [0.29, 0.717) is 39.2 Å². The number of oxime groups is 1. The number of fused-ring (bicyclic) bond motifs is 3. The highest BCUT2D eigenvalue weighted by molar-refractivity contribution is 6.46. The molecule has 0 radical (unpaired) electrons. The van der Waals surface area contributed by atoms with Crippen LogP contribution in [-0.4, -0.2) is 22.0 Å². The summed E-state index contributed by atoms with van der Waals surface area (Å²) in [4.78, 5) is 12.2. The van der Waals surface area contributed by atoms with Gasteiger partial charge in [-0.15, -0.1) is 0 Å². The fraction of sp³-hybridized carbons (Fsp3) is 0.600. The van der Waals surface area contributed by atoms with E-state index < -0.39 is 16.8 Å². The first-order valence-corrected chi connectivity index (χ1v) is 10.3. The quantitative estimate of drug-likeness (QED) is 0.318. The molecule has 7 heteroatoms. The molecule has 1 aromatic carbocycles. The predicted molar refractivity (Wildman–Crippen MR) is 109 cm³/mol. The maximum atomic E-state index is 12.2. The van der Waals surface area contributed by atoms with Crippen molar-refractivity contribution in [3.8, 4) is 0 Å². The molecule has 2 aliphatic carbocycles. The molecule has 2 N–H and O–H groups in total. The van der Waals surface area contributed by atoms with E-state index in [1.807, 2.05) is 20.8 Å². The monoisotopic (exact) mass is 431 g/mol. The largest absolute Gasteiger partial charge is 0.481 e. The maximum absolute atomic E-state index is 12.2. The first kappa shape index (κ1) is 20.8. The van der Waals surface area contributed by atoms with Gasteiger partial charge in [0.05, 0.1) is 26.2 Å². The van der Waals surface area contributed by atoms with Crippen LogP contribution >= 0.6 is 34.8 Å². The molecule has 2 aliphatic rings. The van der Waals surface area contributed by atoms with Crippen molar-refractivity contribution in [1.82, 2.24) is 0 Å². The van der Waals surface area contributed by atoms with Gasteiger partial charge in [0.15, 0.2) is 0 Å². The van der Waals surface area contributed by atoms with Crippen molar-refractivity contribution in [2.45, 2.75) is 64.7 Å². The first-order valence-electron chi connectivity index (χ1n) is 9.16. The van der Waals surface area contributed by atoms with Crippen molar-refractivity contribution in [3.63, 3.8) is 0 Å². The van der Waals surface area contributed by atoms with Crippen molar-refractivity contribution in [2.75, 3.05) is 0 Å². The molecule has 0 heterocycles. The summed E-state index contributed by atoms with van der Waals surface area (Å²) in [5, 5.41) is 24.5. The van der Waals surface area contributed by atoms with Crippen LogP contribution in [0, 0.1) is 11.3 Å². The summed E-state index contributed by atoms with van der Waals surface area (Å²) in [6, 6.07) is 0. The SMILES string of the molecule is CC(C)c1c(Cl)c(Cl)c2c(c1Cl)/C(=N/O)C[C@H]1[C@](C)(C(=O)O)CCC[C@]21C. The zero-order chi connectivity index (χ0) is 20.3. The summed E-state index contributed by atoms with van der Waals surface area (Å²) in [6.07, 6.45) is 2.44. The lowest BCUT2D eigenvalue weighted by atomic mass is 9.49. The lowest BCUT2D eigenvalue weighted by molar-refractivity contribution is -0.156. The van der Waals surface area contributed by atoms with Gasteiger partial charge in [-0.1, -0.05) is 67.2 Å². The number of benzene rings is 1. The van der Waals surface area contributed by atoms with Crippen molar-refractivity contribution < 1.29 is 15.1 Å². The van der Waals surface area contributed by atoms with Gasteiger partial charge in [-0.05, 0) is 54.6 Å². The van der Waals surface area contributed by atoms with Crippen molar-refractivity contribution in [1.29, 1.82) is 0 Å². The fourth-order valence-electron chi connectivity index (χ4n) is 5.26. The lowest BCUT2D eigenvalue weighted by Gasteiger charge is -2.54. The average Bonchev–Trinajstić information content (AvgIpc) is 2.58. The molecule has 0 aliphatic heterocycles. The zero-order valence-corrected chi connectivity index (χ0v) is 18.1. The summed E-state index contributed by atoms with van der Waals surface area (Å²) >= 11 is 20.1. The number of aliphatic carboxylic acids is 1. The molecular formula is C20H24Cl3NO3. The number of hydrogen-bond donors (Lipinski definition) is 2. The Balaban J connectivity index is 2.40. The minimum absolute atomic E-state index is 0.0360. The Hall–Kier alpha value is -0.970. The standard InChI is InChI=1S/C20H24Cl3NO3/c1-9(2)12-15(21)13-10(24-27)8-11-19(3,14(13)17(23)16(12)22)6-5-7-20(11,4)18(25)26/h9,11,27H,5-8H2,1-4H3,(H,25,26)/b24-10+/t11-,19+,20-/m1/s1. The summed E-state index contributed by atoms with van der Waals surface area (Å²) in [7, 11) is 0. The third kappa shape index (κ3) is 2.79. The van der Waals surface area contributed by atoms with Crippen molar-refractivity contribution >= 4 is 46.5 Å². The van der Waals surface area contributed by atoms with E-state index >= 15 is 0 Å². The van der Waals surface area contributed by atoms with E-state index in [4.69, 9.17) is 34.8 Å². The first-order chi connectivity index (χ1) is 12.5. The average molecular weight is 433 g/mol. The highest BCUT2D eigenvalue weighted by Gasteiger charge is 2.58. The number of halogens is 3. The van der Waals surface area contributed by atoms with Crippen LogP contribution in [0.2, 0.25) is 15.1 Å². The Kier molecular flexibility index (Phi) is 5.24. The molecule has 0 aromatic heterocycles. The van der Waals surface area contributed by atoms with Gasteiger partial charge in [0, 0.05) is 5.56 Å². The van der Waals surface area contributed by atoms with Gasteiger partial charge < -0.3 is 10.3 Å². The molecule has 0 bridgehead atoms. The van der Waals surface area contributed by atoms with E-state index in [1.165, 1.54) is 0 Å². The van der Waals surface area contributed by atoms with Crippen LogP contribution in [0.4, 0.5) is 0 Å². The Morgan fingerprint density at radius 2 is 1.78 bits per heavy atom. The van der Waals surface area contributed by atoms with Crippen LogP contribution in [0.5, 0.6) is 0 Å². The van der Waals surface area contributed by atoms with Crippen molar-refractivity contribution in [2.24, 2.45) is 16.5 Å². The second kappa shape index (κ2) is 6.82. The molecule has 0 unspecified atom stereocenters. The highest BCUT2D eigenvalue weighted by Crippen LogP contribution is 2.61. The van der Waals surface area contributed by atoms with E-state index in [1.54, 1.807) is 6.92 Å². The predicted octanol–water partition coefficient (Wildman–Crippen LogP) is 6.50. The van der Waals surface area contributed by atoms with Crippen LogP contribution < -0.4 is 0 Å². The number of nitrogens with zero attached hydrogens (tertiary/aromatic N) is 1. The minimum Gasteiger partial charge on any atom is -0.481 e. The summed E-state index contributed by atoms with van der Waals surface area (Å²) in [6.45, 7) is 7.76. The number of carboxylic acids is 1.